The van der Waals surface area contributed by atoms with E-state index in [9.17, 15) is 14.4 Å². The van der Waals surface area contributed by atoms with Crippen molar-refractivity contribution in [3.05, 3.63) is 29.8 Å². The van der Waals surface area contributed by atoms with Gasteiger partial charge in [0.05, 0.1) is 6.42 Å². The number of anilines is 1. The summed E-state index contributed by atoms with van der Waals surface area (Å²) in [5, 5.41) is 2.58. The van der Waals surface area contributed by atoms with E-state index in [4.69, 9.17) is 5.73 Å². The zero-order valence-electron chi connectivity index (χ0n) is 11.4. The standard InChI is InChI=1S/C14H17N3O3/c1-8(2)17-12(18)7-11(14(17)20)16-13(19)9-4-3-5-10(15)6-9/h3-6,8,11H,7,15H2,1-2H3,(H,16,19). The van der Waals surface area contributed by atoms with E-state index in [1.165, 1.54) is 11.0 Å². The van der Waals surface area contributed by atoms with Gasteiger partial charge in [0.1, 0.15) is 6.04 Å². The third-order valence-electron chi connectivity index (χ3n) is 3.15. The van der Waals surface area contributed by atoms with Crippen LogP contribution in [0.3, 0.4) is 0 Å². The van der Waals surface area contributed by atoms with E-state index in [0.717, 1.165) is 0 Å². The minimum atomic E-state index is -0.793. The van der Waals surface area contributed by atoms with Crippen LogP contribution in [0.25, 0.3) is 0 Å². The van der Waals surface area contributed by atoms with Crippen LogP contribution in [-0.4, -0.2) is 34.7 Å². The van der Waals surface area contributed by atoms with Gasteiger partial charge in [-0.25, -0.2) is 0 Å². The quantitative estimate of drug-likeness (QED) is 0.622. The SMILES string of the molecule is CC(C)N1C(=O)CC(NC(=O)c2cccc(N)c2)C1=O. The summed E-state index contributed by atoms with van der Waals surface area (Å²) >= 11 is 0. The minimum absolute atomic E-state index is 0.00503. The molecule has 0 bridgehead atoms. The Bertz CT molecular complexity index is 569. The lowest BCUT2D eigenvalue weighted by atomic mass is 10.1. The molecule has 20 heavy (non-hydrogen) atoms. The topological polar surface area (TPSA) is 92.5 Å². The molecule has 1 atom stereocenters. The van der Waals surface area contributed by atoms with E-state index >= 15 is 0 Å². The normalized spacial score (nSPS) is 18.8. The van der Waals surface area contributed by atoms with Crippen molar-refractivity contribution in [3.63, 3.8) is 0 Å². The van der Waals surface area contributed by atoms with Crippen molar-refractivity contribution >= 4 is 23.4 Å². The number of hydrogen-bond acceptors (Lipinski definition) is 4. The molecule has 1 saturated heterocycles. The van der Waals surface area contributed by atoms with Crippen molar-refractivity contribution in [1.82, 2.24) is 10.2 Å². The molecule has 6 nitrogen and oxygen atoms in total. The van der Waals surface area contributed by atoms with Gasteiger partial charge in [-0.15, -0.1) is 0 Å². The van der Waals surface area contributed by atoms with Gasteiger partial charge in [0.25, 0.3) is 11.8 Å². The van der Waals surface area contributed by atoms with E-state index in [2.05, 4.69) is 5.32 Å². The predicted molar refractivity (Wildman–Crippen MR) is 73.7 cm³/mol. The number of rotatable bonds is 3. The number of nitrogens with two attached hydrogens (primary N) is 1. The first-order valence-corrected chi connectivity index (χ1v) is 6.42. The Morgan fingerprint density at radius 3 is 2.65 bits per heavy atom. The Morgan fingerprint density at radius 1 is 1.40 bits per heavy atom. The average molecular weight is 275 g/mol. The number of nitrogen functional groups attached to an aromatic ring is 1. The average Bonchev–Trinajstić information content (AvgIpc) is 2.64. The third kappa shape index (κ3) is 2.64. The summed E-state index contributed by atoms with van der Waals surface area (Å²) in [5.74, 6) is -1.03. The van der Waals surface area contributed by atoms with Gasteiger partial charge in [-0.05, 0) is 32.0 Å². The third-order valence-corrected chi connectivity index (χ3v) is 3.15. The van der Waals surface area contributed by atoms with E-state index in [1.807, 2.05) is 0 Å². The highest BCUT2D eigenvalue weighted by molar-refractivity contribution is 6.08. The first-order valence-electron chi connectivity index (χ1n) is 6.42. The summed E-state index contributed by atoms with van der Waals surface area (Å²) < 4.78 is 0. The van der Waals surface area contributed by atoms with Gasteiger partial charge in [0.15, 0.2) is 0 Å². The van der Waals surface area contributed by atoms with E-state index < -0.39 is 11.9 Å². The highest BCUT2D eigenvalue weighted by Gasteiger charge is 2.40. The highest BCUT2D eigenvalue weighted by atomic mass is 16.2. The zero-order valence-corrected chi connectivity index (χ0v) is 11.4. The van der Waals surface area contributed by atoms with Crippen LogP contribution in [0, 0.1) is 0 Å². The van der Waals surface area contributed by atoms with Crippen LogP contribution in [0.4, 0.5) is 5.69 Å². The first-order chi connectivity index (χ1) is 9.40. The molecule has 0 aliphatic carbocycles. The monoisotopic (exact) mass is 275 g/mol. The number of benzene rings is 1. The summed E-state index contributed by atoms with van der Waals surface area (Å²) in [7, 11) is 0. The second-order valence-corrected chi connectivity index (χ2v) is 5.05. The summed E-state index contributed by atoms with van der Waals surface area (Å²) in [6.07, 6.45) is 0.00503. The van der Waals surface area contributed by atoms with Crippen molar-refractivity contribution in [3.8, 4) is 0 Å². The summed E-state index contributed by atoms with van der Waals surface area (Å²) in [5.41, 5.74) is 6.44. The van der Waals surface area contributed by atoms with E-state index in [-0.39, 0.29) is 24.3 Å². The molecule has 0 aromatic heterocycles. The molecule has 6 heteroatoms. The fourth-order valence-electron chi connectivity index (χ4n) is 2.23. The van der Waals surface area contributed by atoms with E-state index in [0.29, 0.717) is 11.3 Å². The molecule has 1 heterocycles. The number of hydrogen-bond donors (Lipinski definition) is 2. The maximum atomic E-state index is 12.1. The molecule has 106 valence electrons. The maximum Gasteiger partial charge on any atom is 0.252 e. The number of carbonyl (C=O) groups is 3. The number of amides is 3. The molecule has 3 amide bonds. The Kier molecular flexibility index (Phi) is 3.74. The largest absolute Gasteiger partial charge is 0.399 e. The molecule has 1 aromatic carbocycles. The fraction of sp³-hybridized carbons (Fsp3) is 0.357. The van der Waals surface area contributed by atoms with Gasteiger partial charge in [-0.2, -0.15) is 0 Å². The van der Waals surface area contributed by atoms with Gasteiger partial charge in [0.2, 0.25) is 5.91 Å². The van der Waals surface area contributed by atoms with Crippen LogP contribution >= 0.6 is 0 Å². The number of imide groups is 1. The smallest absolute Gasteiger partial charge is 0.252 e. The van der Waals surface area contributed by atoms with Crippen molar-refractivity contribution < 1.29 is 14.4 Å². The van der Waals surface area contributed by atoms with Crippen LogP contribution in [0.1, 0.15) is 30.6 Å². The van der Waals surface area contributed by atoms with Gasteiger partial charge < -0.3 is 11.1 Å². The lowest BCUT2D eigenvalue weighted by Crippen LogP contribution is -2.43. The number of nitrogens with zero attached hydrogens (tertiary/aromatic N) is 1. The molecular weight excluding hydrogens is 258 g/mol. The van der Waals surface area contributed by atoms with Crippen molar-refractivity contribution in [1.29, 1.82) is 0 Å². The minimum Gasteiger partial charge on any atom is -0.399 e. The number of carbonyl (C=O) groups excluding carboxylic acids is 3. The molecule has 3 N–H and O–H groups in total. The maximum absolute atomic E-state index is 12.1. The molecule has 1 aliphatic heterocycles. The Hall–Kier alpha value is -2.37. The van der Waals surface area contributed by atoms with Crippen molar-refractivity contribution in [2.24, 2.45) is 0 Å². The molecule has 1 aliphatic rings. The van der Waals surface area contributed by atoms with Crippen molar-refractivity contribution in [2.45, 2.75) is 32.4 Å². The molecule has 2 rings (SSSR count). The summed E-state index contributed by atoms with van der Waals surface area (Å²) in [4.78, 5) is 37.0. The molecule has 1 unspecified atom stereocenters. The number of nitrogens with one attached hydrogen (secondary N) is 1. The van der Waals surface area contributed by atoms with Crippen molar-refractivity contribution in [2.75, 3.05) is 5.73 Å². The first kappa shape index (κ1) is 14.0. The molecule has 1 aromatic rings. The molecule has 0 spiro atoms. The molecular formula is C14H17N3O3. The number of likely N-dealkylation sites (tertiary alicyclic amines) is 1. The van der Waals surface area contributed by atoms with Gasteiger partial charge in [-0.3, -0.25) is 19.3 Å². The summed E-state index contributed by atoms with van der Waals surface area (Å²) in [6, 6.07) is 5.46. The Morgan fingerprint density at radius 2 is 2.10 bits per heavy atom. The summed E-state index contributed by atoms with van der Waals surface area (Å²) in [6.45, 7) is 3.52. The predicted octanol–water partition coefficient (Wildman–Crippen LogP) is 0.534. The lowest BCUT2D eigenvalue weighted by molar-refractivity contribution is -0.140. The van der Waals surface area contributed by atoms with Crippen LogP contribution in [-0.2, 0) is 9.59 Å². The van der Waals surface area contributed by atoms with E-state index in [1.54, 1.807) is 32.0 Å². The highest BCUT2D eigenvalue weighted by Crippen LogP contribution is 2.17. The van der Waals surface area contributed by atoms with Gasteiger partial charge >= 0.3 is 0 Å². The van der Waals surface area contributed by atoms with Crippen LogP contribution in [0.15, 0.2) is 24.3 Å². The van der Waals surface area contributed by atoms with Gasteiger partial charge in [-0.1, -0.05) is 6.07 Å². The lowest BCUT2D eigenvalue weighted by Gasteiger charge is -2.19. The van der Waals surface area contributed by atoms with Gasteiger partial charge in [0, 0.05) is 17.3 Å². The molecule has 0 radical (unpaired) electrons. The van der Waals surface area contributed by atoms with Crippen LogP contribution < -0.4 is 11.1 Å². The Labute approximate surface area is 116 Å². The van der Waals surface area contributed by atoms with Crippen LogP contribution in [0.5, 0.6) is 0 Å². The van der Waals surface area contributed by atoms with Crippen LogP contribution in [0.2, 0.25) is 0 Å². The second-order valence-electron chi connectivity index (χ2n) is 5.05. The fourth-order valence-corrected chi connectivity index (χ4v) is 2.23. The molecule has 0 saturated carbocycles. The second kappa shape index (κ2) is 5.32. The zero-order chi connectivity index (χ0) is 14.9. The Balaban J connectivity index is 2.10. The molecule has 1 fully saturated rings.